The largest absolute Gasteiger partial charge is 0.494 e. The zero-order chi connectivity index (χ0) is 25.6. The van der Waals surface area contributed by atoms with E-state index in [0.717, 1.165) is 34.2 Å². The number of ether oxygens (including phenoxy) is 1. The molecular formula is C30H35BrN2O3. The predicted octanol–water partition coefficient (Wildman–Crippen LogP) is 6.16. The molecule has 0 aliphatic rings. The van der Waals surface area contributed by atoms with Crippen molar-refractivity contribution < 1.29 is 14.3 Å². The van der Waals surface area contributed by atoms with Crippen LogP contribution in [0.25, 0.3) is 0 Å². The molecule has 1 atom stereocenters. The number of unbranched alkanes of at least 4 members (excludes halogenated alkanes) is 1. The fourth-order valence-corrected chi connectivity index (χ4v) is 4.18. The summed E-state index contributed by atoms with van der Waals surface area (Å²) in [4.78, 5) is 28.7. The lowest BCUT2D eigenvalue weighted by molar-refractivity contribution is -0.141. The van der Waals surface area contributed by atoms with E-state index in [2.05, 4.69) is 28.2 Å². The average molecular weight is 552 g/mol. The van der Waals surface area contributed by atoms with Crippen LogP contribution in [0.2, 0.25) is 0 Å². The number of carbonyl (C=O) groups is 2. The van der Waals surface area contributed by atoms with Gasteiger partial charge in [-0.15, -0.1) is 0 Å². The molecule has 36 heavy (non-hydrogen) atoms. The van der Waals surface area contributed by atoms with Crippen LogP contribution in [-0.4, -0.2) is 35.9 Å². The van der Waals surface area contributed by atoms with E-state index < -0.39 is 6.04 Å². The van der Waals surface area contributed by atoms with Gasteiger partial charge >= 0.3 is 0 Å². The monoisotopic (exact) mass is 550 g/mol. The fraction of sp³-hybridized carbons (Fsp3) is 0.333. The molecule has 0 fully saturated rings. The normalized spacial score (nSPS) is 11.5. The molecule has 6 heteroatoms. The first kappa shape index (κ1) is 27.5. The highest BCUT2D eigenvalue weighted by atomic mass is 79.9. The third kappa shape index (κ3) is 9.15. The van der Waals surface area contributed by atoms with Gasteiger partial charge in [-0.25, -0.2) is 0 Å². The van der Waals surface area contributed by atoms with Crippen LogP contribution in [-0.2, 0) is 22.6 Å². The number of nitrogens with zero attached hydrogens (tertiary/aromatic N) is 1. The SMILES string of the molecule is CCCCNC(=O)C(Cc1ccccc1)N(Cc1ccc(Br)cc1)C(=O)CCCOc1ccccc1. The lowest BCUT2D eigenvalue weighted by atomic mass is 10.0. The van der Waals surface area contributed by atoms with Gasteiger partial charge in [0.25, 0.3) is 0 Å². The van der Waals surface area contributed by atoms with Gasteiger partial charge < -0.3 is 15.0 Å². The molecule has 0 saturated carbocycles. The number of hydrogen-bond acceptors (Lipinski definition) is 3. The summed E-state index contributed by atoms with van der Waals surface area (Å²) in [7, 11) is 0. The Balaban J connectivity index is 1.77. The van der Waals surface area contributed by atoms with Crippen LogP contribution < -0.4 is 10.1 Å². The van der Waals surface area contributed by atoms with Crippen molar-refractivity contribution in [2.24, 2.45) is 0 Å². The Kier molecular flexibility index (Phi) is 11.5. The minimum absolute atomic E-state index is 0.0545. The first-order valence-corrected chi connectivity index (χ1v) is 13.4. The Hall–Kier alpha value is -3.12. The molecule has 3 rings (SSSR count). The number of amides is 2. The molecule has 3 aromatic carbocycles. The molecule has 2 amide bonds. The van der Waals surface area contributed by atoms with Crippen molar-refractivity contribution in [2.45, 2.75) is 51.6 Å². The Morgan fingerprint density at radius 3 is 2.22 bits per heavy atom. The van der Waals surface area contributed by atoms with E-state index in [1.165, 1.54) is 0 Å². The maximum absolute atomic E-state index is 13.6. The molecule has 0 bridgehead atoms. The molecule has 0 aliphatic carbocycles. The van der Waals surface area contributed by atoms with Gasteiger partial charge in [-0.05, 0) is 48.2 Å². The van der Waals surface area contributed by atoms with Crippen LogP contribution in [0.1, 0.15) is 43.7 Å². The molecule has 1 unspecified atom stereocenters. The summed E-state index contributed by atoms with van der Waals surface area (Å²) in [5.74, 6) is 0.619. The van der Waals surface area contributed by atoms with Gasteiger partial charge in [-0.1, -0.05) is 89.9 Å². The van der Waals surface area contributed by atoms with Gasteiger partial charge in [-0.3, -0.25) is 9.59 Å². The molecule has 3 aromatic rings. The van der Waals surface area contributed by atoms with Crippen molar-refractivity contribution in [1.82, 2.24) is 10.2 Å². The van der Waals surface area contributed by atoms with Crippen LogP contribution in [0.15, 0.2) is 89.4 Å². The third-order valence-electron chi connectivity index (χ3n) is 5.91. The van der Waals surface area contributed by atoms with Gasteiger partial charge in [0.05, 0.1) is 6.61 Å². The molecular weight excluding hydrogens is 516 g/mol. The van der Waals surface area contributed by atoms with Gasteiger partial charge in [-0.2, -0.15) is 0 Å². The number of halogens is 1. The molecule has 0 spiro atoms. The Bertz CT molecular complexity index is 1060. The Morgan fingerprint density at radius 1 is 0.889 bits per heavy atom. The van der Waals surface area contributed by atoms with Gasteiger partial charge in [0.2, 0.25) is 11.8 Å². The van der Waals surface area contributed by atoms with E-state index >= 15 is 0 Å². The summed E-state index contributed by atoms with van der Waals surface area (Å²) in [6.07, 6.45) is 3.23. The Labute approximate surface area is 223 Å². The number of benzene rings is 3. The molecule has 0 heterocycles. The van der Waals surface area contributed by atoms with Gasteiger partial charge in [0.1, 0.15) is 11.8 Å². The molecule has 0 aromatic heterocycles. The van der Waals surface area contributed by atoms with Crippen molar-refractivity contribution in [3.05, 3.63) is 101 Å². The molecule has 190 valence electrons. The van der Waals surface area contributed by atoms with Crippen LogP contribution in [0.5, 0.6) is 5.75 Å². The summed E-state index contributed by atoms with van der Waals surface area (Å²) in [5, 5.41) is 3.06. The topological polar surface area (TPSA) is 58.6 Å². The lowest BCUT2D eigenvalue weighted by Gasteiger charge is -2.31. The van der Waals surface area contributed by atoms with Gasteiger partial charge in [0, 0.05) is 30.4 Å². The molecule has 5 nitrogen and oxygen atoms in total. The second-order valence-corrected chi connectivity index (χ2v) is 9.68. The van der Waals surface area contributed by atoms with Crippen molar-refractivity contribution in [2.75, 3.05) is 13.2 Å². The summed E-state index contributed by atoms with van der Waals surface area (Å²) in [5.41, 5.74) is 2.00. The van der Waals surface area contributed by atoms with E-state index in [-0.39, 0.29) is 11.8 Å². The summed E-state index contributed by atoms with van der Waals surface area (Å²) in [6, 6.07) is 26.8. The third-order valence-corrected chi connectivity index (χ3v) is 6.44. The minimum atomic E-state index is -0.601. The zero-order valence-corrected chi connectivity index (χ0v) is 22.5. The number of carbonyl (C=O) groups excluding carboxylic acids is 2. The first-order chi connectivity index (χ1) is 17.6. The standard InChI is InChI=1S/C30H35BrN2O3/c1-2-3-20-32-30(35)28(22-24-11-6-4-7-12-24)33(23-25-16-18-26(31)19-17-25)29(34)15-10-21-36-27-13-8-5-9-14-27/h4-9,11-14,16-19,28H,2-3,10,15,20-23H2,1H3,(H,32,35). The summed E-state index contributed by atoms with van der Waals surface area (Å²) in [6.45, 7) is 3.50. The molecule has 0 saturated heterocycles. The van der Waals surface area contributed by atoms with E-state index in [9.17, 15) is 9.59 Å². The van der Waals surface area contributed by atoms with E-state index in [4.69, 9.17) is 4.74 Å². The lowest BCUT2D eigenvalue weighted by Crippen LogP contribution is -2.50. The maximum Gasteiger partial charge on any atom is 0.243 e. The zero-order valence-electron chi connectivity index (χ0n) is 20.9. The maximum atomic E-state index is 13.6. The molecule has 0 aliphatic heterocycles. The highest BCUT2D eigenvalue weighted by Gasteiger charge is 2.30. The first-order valence-electron chi connectivity index (χ1n) is 12.6. The highest BCUT2D eigenvalue weighted by molar-refractivity contribution is 9.10. The average Bonchev–Trinajstić information content (AvgIpc) is 2.91. The van der Waals surface area contributed by atoms with Crippen molar-refractivity contribution in [3.63, 3.8) is 0 Å². The minimum Gasteiger partial charge on any atom is -0.494 e. The number of rotatable bonds is 14. The Morgan fingerprint density at radius 2 is 1.56 bits per heavy atom. The number of nitrogens with one attached hydrogen (secondary N) is 1. The van der Waals surface area contributed by atoms with Crippen LogP contribution in [0.4, 0.5) is 0 Å². The molecule has 0 radical (unpaired) electrons. The van der Waals surface area contributed by atoms with Crippen LogP contribution >= 0.6 is 15.9 Å². The number of hydrogen-bond donors (Lipinski definition) is 1. The number of para-hydroxylation sites is 1. The van der Waals surface area contributed by atoms with Gasteiger partial charge in [0.15, 0.2) is 0 Å². The summed E-state index contributed by atoms with van der Waals surface area (Å²) >= 11 is 3.48. The van der Waals surface area contributed by atoms with Crippen LogP contribution in [0, 0.1) is 0 Å². The predicted molar refractivity (Wildman–Crippen MR) is 148 cm³/mol. The molecule has 1 N–H and O–H groups in total. The van der Waals surface area contributed by atoms with E-state index in [1.807, 2.05) is 84.9 Å². The fourth-order valence-electron chi connectivity index (χ4n) is 3.92. The van der Waals surface area contributed by atoms with Crippen molar-refractivity contribution >= 4 is 27.7 Å². The highest BCUT2D eigenvalue weighted by Crippen LogP contribution is 2.18. The van der Waals surface area contributed by atoms with Crippen LogP contribution in [0.3, 0.4) is 0 Å². The van der Waals surface area contributed by atoms with Crippen molar-refractivity contribution in [3.8, 4) is 5.75 Å². The summed E-state index contributed by atoms with van der Waals surface area (Å²) < 4.78 is 6.75. The quantitative estimate of drug-likeness (QED) is 0.244. The van der Waals surface area contributed by atoms with E-state index in [1.54, 1.807) is 4.90 Å². The second-order valence-electron chi connectivity index (χ2n) is 8.76. The van der Waals surface area contributed by atoms with E-state index in [0.29, 0.717) is 39.0 Å². The second kappa shape index (κ2) is 15.1. The smallest absolute Gasteiger partial charge is 0.243 e. The van der Waals surface area contributed by atoms with Crippen molar-refractivity contribution in [1.29, 1.82) is 0 Å².